The van der Waals surface area contributed by atoms with Gasteiger partial charge in [-0.3, -0.25) is 9.59 Å². The number of allylic oxidation sites excluding steroid dienone is 1. The van der Waals surface area contributed by atoms with Gasteiger partial charge in [-0.05, 0) is 110 Å². The van der Waals surface area contributed by atoms with E-state index in [0.717, 1.165) is 49.0 Å². The molecule has 0 radical (unpaired) electrons. The number of hydrogen-bond donors (Lipinski definition) is 2. The summed E-state index contributed by atoms with van der Waals surface area (Å²) in [6.45, 7) is 5.27. The molecule has 5 aliphatic rings. The van der Waals surface area contributed by atoms with Gasteiger partial charge in [0, 0.05) is 12.0 Å². The first-order valence-corrected chi connectivity index (χ1v) is 15.8. The highest BCUT2D eigenvalue weighted by Gasteiger charge is 2.70. The lowest BCUT2D eigenvalue weighted by atomic mass is 9.45. The molecule has 1 aliphatic heterocycles. The summed E-state index contributed by atoms with van der Waals surface area (Å²) in [5, 5.41) is 16.2. The zero-order chi connectivity index (χ0) is 29.4. The van der Waals surface area contributed by atoms with E-state index < -0.39 is 22.2 Å². The maximum atomic E-state index is 13.6. The summed E-state index contributed by atoms with van der Waals surface area (Å²) in [4.78, 5) is 26.7. The number of aliphatic hydroxyl groups excluding tert-OH is 1. The van der Waals surface area contributed by atoms with Crippen molar-refractivity contribution in [3.05, 3.63) is 53.1 Å². The van der Waals surface area contributed by atoms with Gasteiger partial charge in [-0.1, -0.05) is 19.4 Å². The highest BCUT2D eigenvalue weighted by Crippen LogP contribution is 2.68. The minimum atomic E-state index is -1.35. The molecular weight excluding hydrogens is 555 g/mol. The zero-order valence-electron chi connectivity index (χ0n) is 24.2. The van der Waals surface area contributed by atoms with Crippen LogP contribution in [0.25, 0.3) is 11.8 Å². The van der Waals surface area contributed by atoms with Crippen molar-refractivity contribution in [1.29, 1.82) is 0 Å². The molecule has 1 N–H and O–H groups in total. The Hall–Kier alpha value is -2.49. The minimum absolute atomic E-state index is 0.00571. The number of rotatable bonds is 4. The molecule has 7 rings (SSSR count). The fraction of sp³-hybridized carbons (Fsp3) is 0.606. The van der Waals surface area contributed by atoms with E-state index in [-0.39, 0.29) is 40.9 Å². The molecule has 9 heteroatoms. The van der Waals surface area contributed by atoms with Crippen molar-refractivity contribution in [2.75, 3.05) is 13.2 Å². The van der Waals surface area contributed by atoms with Crippen molar-refractivity contribution in [3.63, 3.8) is 0 Å². The molecule has 1 aromatic carbocycles. The van der Waals surface area contributed by atoms with Crippen molar-refractivity contribution in [2.24, 2.45) is 34.5 Å². The largest absolute Gasteiger partial charge is 0.449 e. The molecule has 224 valence electrons. The number of aliphatic hydroxyl groups is 1. The maximum absolute atomic E-state index is 13.6. The van der Waals surface area contributed by atoms with Gasteiger partial charge in [0.2, 0.25) is 5.12 Å². The van der Waals surface area contributed by atoms with Crippen LogP contribution in [-0.4, -0.2) is 50.9 Å². The Balaban J connectivity index is 1.20. The number of thiol groups is 1. The summed E-state index contributed by atoms with van der Waals surface area (Å²) in [7, 11) is 0. The molecule has 4 aliphatic carbocycles. The van der Waals surface area contributed by atoms with Gasteiger partial charge < -0.3 is 14.6 Å². The average Bonchev–Trinajstić information content (AvgIpc) is 3.50. The molecule has 1 aromatic heterocycles. The molecule has 7 nitrogen and oxygen atoms in total. The molecule has 0 spiro atoms. The van der Waals surface area contributed by atoms with Gasteiger partial charge in [0.25, 0.3) is 0 Å². The number of nitrogens with zero attached hydrogens (tertiary/aromatic N) is 2. The summed E-state index contributed by atoms with van der Waals surface area (Å²) >= 11 is 4.33. The van der Waals surface area contributed by atoms with E-state index in [9.17, 15) is 19.1 Å². The van der Waals surface area contributed by atoms with E-state index >= 15 is 0 Å². The Labute approximate surface area is 251 Å². The normalized spacial score (nSPS) is 38.9. The van der Waals surface area contributed by atoms with Gasteiger partial charge in [-0.25, -0.2) is 9.07 Å². The third-order valence-corrected chi connectivity index (χ3v) is 12.1. The van der Waals surface area contributed by atoms with Crippen LogP contribution in [0.3, 0.4) is 0 Å². The first-order chi connectivity index (χ1) is 20.1. The number of aromatic nitrogens is 2. The van der Waals surface area contributed by atoms with E-state index in [1.54, 1.807) is 12.1 Å². The lowest BCUT2D eigenvalue weighted by Gasteiger charge is -2.60. The van der Waals surface area contributed by atoms with Crippen molar-refractivity contribution < 1.29 is 28.6 Å². The van der Waals surface area contributed by atoms with Crippen molar-refractivity contribution in [3.8, 4) is 5.69 Å². The number of esters is 1. The summed E-state index contributed by atoms with van der Waals surface area (Å²) in [5.41, 5.74) is 1.93. The topological polar surface area (TPSA) is 90.7 Å². The molecule has 1 unspecified atom stereocenters. The first-order valence-electron chi connectivity index (χ1n) is 15.3. The van der Waals surface area contributed by atoms with Crippen LogP contribution in [0.1, 0.15) is 70.1 Å². The molecule has 0 amide bonds. The van der Waals surface area contributed by atoms with Crippen LogP contribution < -0.4 is 0 Å². The quantitative estimate of drug-likeness (QED) is 0.368. The van der Waals surface area contributed by atoms with E-state index in [2.05, 4.69) is 30.7 Å². The molecule has 0 bridgehead atoms. The predicted molar refractivity (Wildman–Crippen MR) is 157 cm³/mol. The van der Waals surface area contributed by atoms with Crippen LogP contribution in [0.4, 0.5) is 4.39 Å². The van der Waals surface area contributed by atoms with Crippen LogP contribution in [0.15, 0.2) is 36.0 Å². The second kappa shape index (κ2) is 10.0. The number of ether oxygens (including phenoxy) is 2. The lowest BCUT2D eigenvalue weighted by molar-refractivity contribution is -0.201. The Bertz CT molecular complexity index is 1450. The molecule has 2 aromatic rings. The average molecular weight is 595 g/mol. The fourth-order valence-corrected chi connectivity index (χ4v) is 10.1. The van der Waals surface area contributed by atoms with Crippen molar-refractivity contribution in [1.82, 2.24) is 9.78 Å². The first kappa shape index (κ1) is 28.3. The number of carbonyl (C=O) groups excluding carboxylic acids is 2. The smallest absolute Gasteiger partial charge is 0.312 e. The third kappa shape index (κ3) is 4.02. The van der Waals surface area contributed by atoms with Crippen LogP contribution in [-0.2, 0) is 25.5 Å². The molecular formula is C33H39FN2O5S. The minimum Gasteiger partial charge on any atom is -0.449 e. The molecule has 8 atom stereocenters. The maximum Gasteiger partial charge on any atom is 0.312 e. The monoisotopic (exact) mass is 594 g/mol. The Morgan fingerprint density at radius 2 is 1.98 bits per heavy atom. The van der Waals surface area contributed by atoms with E-state index in [1.807, 2.05) is 17.8 Å². The number of carbonyl (C=O) groups is 2. The second-order valence-corrected chi connectivity index (χ2v) is 14.1. The number of benzene rings is 1. The van der Waals surface area contributed by atoms with Gasteiger partial charge in [0.15, 0.2) is 5.60 Å². The second-order valence-electron chi connectivity index (χ2n) is 13.7. The van der Waals surface area contributed by atoms with Crippen LogP contribution in [0.5, 0.6) is 0 Å². The lowest BCUT2D eigenvalue weighted by Crippen LogP contribution is -2.62. The highest BCUT2D eigenvalue weighted by molar-refractivity contribution is 7.96. The summed E-state index contributed by atoms with van der Waals surface area (Å²) in [6, 6.07) is 6.37. The predicted octanol–water partition coefficient (Wildman–Crippen LogP) is 5.33. The molecule has 1 saturated heterocycles. The number of halogens is 1. The molecule has 42 heavy (non-hydrogen) atoms. The molecule has 2 heterocycles. The van der Waals surface area contributed by atoms with Crippen LogP contribution >= 0.6 is 12.6 Å². The van der Waals surface area contributed by atoms with E-state index in [4.69, 9.17) is 9.47 Å². The van der Waals surface area contributed by atoms with Gasteiger partial charge in [-0.2, -0.15) is 5.10 Å². The zero-order valence-corrected chi connectivity index (χ0v) is 25.1. The van der Waals surface area contributed by atoms with Crippen LogP contribution in [0, 0.1) is 40.3 Å². The summed E-state index contributed by atoms with van der Waals surface area (Å²) in [5.74, 6) is -0.725. The summed E-state index contributed by atoms with van der Waals surface area (Å²) in [6.07, 6.45) is 9.05. The van der Waals surface area contributed by atoms with Gasteiger partial charge in [0.1, 0.15) is 5.82 Å². The highest BCUT2D eigenvalue weighted by atomic mass is 32.1. The number of fused-ring (bicyclic) bond motifs is 6. The van der Waals surface area contributed by atoms with Gasteiger partial charge >= 0.3 is 5.97 Å². The van der Waals surface area contributed by atoms with Crippen molar-refractivity contribution >= 4 is 29.8 Å². The standard InChI is InChI=1S/C33H39FN2O5S/c1-31-15-20-17-35-36(23-8-6-22(34)7-9-23)26(20)14-21(31)5-10-24-25-11-12-33(30(39)42,32(25,2)16-27(37)28(24)31)41-29(38)19-4-3-13-40-18-19/h6-9,14,17,19,24-25,27-28,37H,3-5,10-13,15-16,18H2,1-2H3,(H,39,42)/t19?,24-,25-,27-,28+,31-,32-,33-/m0/s1. The fourth-order valence-electron chi connectivity index (χ4n) is 9.70. The molecule has 3 saturated carbocycles. The SMILES string of the molecule is C[C@]12Cc3cnn(-c4ccc(F)cc4)c3C=C1CC[C@@H]1[C@@H]2[C@@H](O)C[C@@]2(C)[C@H]1CC[C@]2(OC(=O)C1CCCOC1)C(=O)S. The number of hydrogen-bond acceptors (Lipinski definition) is 6. The Morgan fingerprint density at radius 1 is 1.19 bits per heavy atom. The molecule has 4 fully saturated rings. The van der Waals surface area contributed by atoms with E-state index in [1.165, 1.54) is 17.7 Å². The van der Waals surface area contributed by atoms with Crippen LogP contribution in [0.2, 0.25) is 0 Å². The van der Waals surface area contributed by atoms with Crippen molar-refractivity contribution in [2.45, 2.75) is 76.9 Å². The van der Waals surface area contributed by atoms with E-state index in [0.29, 0.717) is 32.5 Å². The third-order valence-electron chi connectivity index (χ3n) is 11.7. The van der Waals surface area contributed by atoms with Gasteiger partial charge in [0.05, 0.1) is 36.2 Å². The summed E-state index contributed by atoms with van der Waals surface area (Å²) < 4.78 is 27.2. The van der Waals surface area contributed by atoms with Gasteiger partial charge in [-0.15, -0.1) is 12.6 Å². The Morgan fingerprint density at radius 3 is 2.69 bits per heavy atom. The Kier molecular flexibility index (Phi) is 6.75.